The molecule has 19 heavy (non-hydrogen) atoms. The minimum Gasteiger partial charge on any atom is -0.480 e. The van der Waals surface area contributed by atoms with E-state index in [-0.39, 0.29) is 6.04 Å². The third-order valence-corrected chi connectivity index (χ3v) is 3.29. The van der Waals surface area contributed by atoms with E-state index in [2.05, 4.69) is 15.5 Å². The van der Waals surface area contributed by atoms with Crippen LogP contribution in [0.4, 0.5) is 4.79 Å². The summed E-state index contributed by atoms with van der Waals surface area (Å²) in [5.41, 5.74) is 0. The Morgan fingerprint density at radius 1 is 1.26 bits per heavy atom. The molecular weight excluding hydrogens is 246 g/mol. The molecule has 1 rings (SSSR count). The lowest BCUT2D eigenvalue weighted by Gasteiger charge is -2.22. The predicted octanol–water partition coefficient (Wildman–Crippen LogP) is 1.02. The molecule has 1 aliphatic rings. The molecule has 1 saturated heterocycles. The van der Waals surface area contributed by atoms with Crippen LogP contribution in [0.15, 0.2) is 0 Å². The van der Waals surface area contributed by atoms with Crippen molar-refractivity contribution in [1.29, 1.82) is 0 Å². The van der Waals surface area contributed by atoms with Crippen LogP contribution in [-0.4, -0.2) is 53.7 Å². The maximum absolute atomic E-state index is 11.7. The zero-order valence-corrected chi connectivity index (χ0v) is 11.8. The van der Waals surface area contributed by atoms with Gasteiger partial charge in [0, 0.05) is 12.6 Å². The average molecular weight is 271 g/mol. The number of hydrogen-bond acceptors (Lipinski definition) is 3. The number of carbonyl (C=O) groups excluding carboxylic acids is 1. The van der Waals surface area contributed by atoms with Gasteiger partial charge >= 0.3 is 12.0 Å². The summed E-state index contributed by atoms with van der Waals surface area (Å²) in [5.74, 6) is -0.982. The molecule has 0 aromatic carbocycles. The summed E-state index contributed by atoms with van der Waals surface area (Å²) in [6, 6.07) is -1.18. The van der Waals surface area contributed by atoms with Crippen LogP contribution < -0.4 is 10.6 Å². The molecule has 1 unspecified atom stereocenters. The van der Waals surface area contributed by atoms with E-state index in [4.69, 9.17) is 5.11 Å². The highest BCUT2D eigenvalue weighted by Crippen LogP contribution is 2.07. The van der Waals surface area contributed by atoms with Gasteiger partial charge in [-0.15, -0.1) is 0 Å². The molecule has 0 saturated carbocycles. The smallest absolute Gasteiger partial charge is 0.326 e. The third kappa shape index (κ3) is 5.92. The lowest BCUT2D eigenvalue weighted by molar-refractivity contribution is -0.139. The molecule has 0 bridgehead atoms. The molecular formula is C13H25N3O3. The van der Waals surface area contributed by atoms with E-state index in [1.165, 1.54) is 12.8 Å². The van der Waals surface area contributed by atoms with Crippen molar-refractivity contribution in [2.45, 2.75) is 51.6 Å². The Morgan fingerprint density at radius 2 is 1.89 bits per heavy atom. The number of carbonyl (C=O) groups is 2. The van der Waals surface area contributed by atoms with Crippen molar-refractivity contribution in [3.05, 3.63) is 0 Å². The Kier molecular flexibility index (Phi) is 6.62. The SMILES string of the molecule is CCC[C@@H](NC(=O)NC(C)CN1CCCC1)C(=O)O. The molecule has 0 aromatic rings. The fourth-order valence-electron chi connectivity index (χ4n) is 2.37. The molecule has 3 N–H and O–H groups in total. The van der Waals surface area contributed by atoms with Crippen LogP contribution >= 0.6 is 0 Å². The molecule has 110 valence electrons. The Labute approximate surface area is 114 Å². The van der Waals surface area contributed by atoms with Crippen molar-refractivity contribution in [1.82, 2.24) is 15.5 Å². The number of nitrogens with one attached hydrogen (secondary N) is 2. The van der Waals surface area contributed by atoms with Crippen molar-refractivity contribution in [2.24, 2.45) is 0 Å². The summed E-state index contributed by atoms with van der Waals surface area (Å²) in [5, 5.41) is 14.3. The monoisotopic (exact) mass is 271 g/mol. The summed E-state index contributed by atoms with van der Waals surface area (Å²) < 4.78 is 0. The number of likely N-dealkylation sites (tertiary alicyclic amines) is 1. The van der Waals surface area contributed by atoms with Crippen molar-refractivity contribution in [2.75, 3.05) is 19.6 Å². The molecule has 0 aromatic heterocycles. The largest absolute Gasteiger partial charge is 0.480 e. The first-order valence-corrected chi connectivity index (χ1v) is 7.05. The molecule has 1 aliphatic heterocycles. The van der Waals surface area contributed by atoms with E-state index in [0.717, 1.165) is 26.1 Å². The first-order valence-electron chi connectivity index (χ1n) is 7.05. The van der Waals surface area contributed by atoms with Crippen molar-refractivity contribution >= 4 is 12.0 Å². The quantitative estimate of drug-likeness (QED) is 0.646. The van der Waals surface area contributed by atoms with Gasteiger partial charge in [0.25, 0.3) is 0 Å². The summed E-state index contributed by atoms with van der Waals surface area (Å²) >= 11 is 0. The van der Waals surface area contributed by atoms with Crippen LogP contribution in [-0.2, 0) is 4.79 Å². The van der Waals surface area contributed by atoms with Gasteiger partial charge in [0.2, 0.25) is 0 Å². The molecule has 0 radical (unpaired) electrons. The number of aliphatic carboxylic acids is 1. The van der Waals surface area contributed by atoms with Crippen molar-refractivity contribution < 1.29 is 14.7 Å². The predicted molar refractivity (Wildman–Crippen MR) is 73.1 cm³/mol. The number of carboxylic acid groups (broad SMARTS) is 1. The van der Waals surface area contributed by atoms with Gasteiger partial charge < -0.3 is 20.6 Å². The number of rotatable bonds is 7. The zero-order valence-electron chi connectivity index (χ0n) is 11.8. The second kappa shape index (κ2) is 7.99. The number of hydrogen-bond donors (Lipinski definition) is 3. The highest BCUT2D eigenvalue weighted by Gasteiger charge is 2.20. The van der Waals surface area contributed by atoms with Gasteiger partial charge in [-0.3, -0.25) is 0 Å². The average Bonchev–Trinajstić information content (AvgIpc) is 2.80. The van der Waals surface area contributed by atoms with Crippen LogP contribution in [0.1, 0.15) is 39.5 Å². The van der Waals surface area contributed by atoms with Crippen LogP contribution in [0, 0.1) is 0 Å². The minimum absolute atomic E-state index is 0.0224. The molecule has 1 fully saturated rings. The fourth-order valence-corrected chi connectivity index (χ4v) is 2.37. The zero-order chi connectivity index (χ0) is 14.3. The van der Waals surface area contributed by atoms with Crippen LogP contribution in [0.3, 0.4) is 0 Å². The Bertz CT molecular complexity index is 304. The highest BCUT2D eigenvalue weighted by molar-refractivity contribution is 5.82. The number of carboxylic acids is 1. The number of nitrogens with zero attached hydrogens (tertiary/aromatic N) is 1. The first-order chi connectivity index (χ1) is 9.02. The number of urea groups is 1. The van der Waals surface area contributed by atoms with Crippen LogP contribution in [0.25, 0.3) is 0 Å². The van der Waals surface area contributed by atoms with Gasteiger partial charge in [-0.2, -0.15) is 0 Å². The normalized spacial score (nSPS) is 18.8. The third-order valence-electron chi connectivity index (χ3n) is 3.29. The van der Waals surface area contributed by atoms with E-state index in [0.29, 0.717) is 6.42 Å². The lowest BCUT2D eigenvalue weighted by Crippen LogP contribution is -2.50. The van der Waals surface area contributed by atoms with Crippen molar-refractivity contribution in [3.63, 3.8) is 0 Å². The Balaban J connectivity index is 2.29. The summed E-state index contributed by atoms with van der Waals surface area (Å²) in [4.78, 5) is 25.0. The van der Waals surface area contributed by atoms with Crippen LogP contribution in [0.5, 0.6) is 0 Å². The highest BCUT2D eigenvalue weighted by atomic mass is 16.4. The van der Waals surface area contributed by atoms with E-state index in [9.17, 15) is 9.59 Å². The van der Waals surface area contributed by atoms with E-state index >= 15 is 0 Å². The minimum atomic E-state index is -0.982. The van der Waals surface area contributed by atoms with Gasteiger partial charge in [-0.25, -0.2) is 9.59 Å². The maximum atomic E-state index is 11.7. The summed E-state index contributed by atoms with van der Waals surface area (Å²) in [6.07, 6.45) is 3.61. The molecule has 0 aliphatic carbocycles. The van der Waals surface area contributed by atoms with Gasteiger partial charge in [0.15, 0.2) is 0 Å². The van der Waals surface area contributed by atoms with Gasteiger partial charge in [0.05, 0.1) is 0 Å². The van der Waals surface area contributed by atoms with Gasteiger partial charge in [0.1, 0.15) is 6.04 Å². The second-order valence-corrected chi connectivity index (χ2v) is 5.21. The maximum Gasteiger partial charge on any atom is 0.326 e. The van der Waals surface area contributed by atoms with E-state index < -0.39 is 18.0 Å². The lowest BCUT2D eigenvalue weighted by atomic mass is 10.2. The molecule has 1 heterocycles. The number of amides is 2. The van der Waals surface area contributed by atoms with E-state index in [1.54, 1.807) is 0 Å². The molecule has 2 atom stereocenters. The Hall–Kier alpha value is -1.30. The first kappa shape index (κ1) is 15.8. The molecule has 6 nitrogen and oxygen atoms in total. The summed E-state index contributed by atoms with van der Waals surface area (Å²) in [7, 11) is 0. The second-order valence-electron chi connectivity index (χ2n) is 5.21. The van der Waals surface area contributed by atoms with E-state index in [1.807, 2.05) is 13.8 Å². The molecule has 6 heteroatoms. The van der Waals surface area contributed by atoms with Gasteiger partial charge in [-0.05, 0) is 39.3 Å². The fraction of sp³-hybridized carbons (Fsp3) is 0.846. The standard InChI is InChI=1S/C13H25N3O3/c1-3-6-11(12(17)18)15-13(19)14-10(2)9-16-7-4-5-8-16/h10-11H,3-9H2,1-2H3,(H,17,18)(H2,14,15,19)/t10?,11-/m1/s1. The molecule has 2 amide bonds. The van der Waals surface area contributed by atoms with Gasteiger partial charge in [-0.1, -0.05) is 13.3 Å². The molecule has 0 spiro atoms. The van der Waals surface area contributed by atoms with Crippen molar-refractivity contribution in [3.8, 4) is 0 Å². The topological polar surface area (TPSA) is 81.7 Å². The van der Waals surface area contributed by atoms with Crippen LogP contribution in [0.2, 0.25) is 0 Å². The Morgan fingerprint density at radius 3 is 2.42 bits per heavy atom. The summed E-state index contributed by atoms with van der Waals surface area (Å²) in [6.45, 7) is 6.82.